The van der Waals surface area contributed by atoms with Gasteiger partial charge in [0.1, 0.15) is 11.6 Å². The summed E-state index contributed by atoms with van der Waals surface area (Å²) < 4.78 is 67.7. The van der Waals surface area contributed by atoms with E-state index >= 15 is 0 Å². The maximum absolute atomic E-state index is 12.7. The number of amides is 1. The smallest absolute Gasteiger partial charge is 0.874 e. The topological polar surface area (TPSA) is 75.9 Å². The van der Waals surface area contributed by atoms with E-state index in [-0.39, 0.29) is 40.8 Å². The average Bonchev–Trinajstić information content (AvgIpc) is 2.87. The minimum Gasteiger partial charge on any atom is -0.874 e. The number of carbonyl (C=O) groups is 1. The van der Waals surface area contributed by atoms with Gasteiger partial charge in [0.25, 0.3) is 5.91 Å². The molecule has 0 spiro atoms. The summed E-state index contributed by atoms with van der Waals surface area (Å²) in [5.41, 5.74) is -2.20. The van der Waals surface area contributed by atoms with E-state index in [2.05, 4.69) is 5.32 Å². The Morgan fingerprint density at radius 2 is 2.09 bits per heavy atom. The van der Waals surface area contributed by atoms with Crippen LogP contribution in [0.25, 0.3) is 0 Å². The predicted molar refractivity (Wildman–Crippen MR) is 70.2 cm³/mol. The van der Waals surface area contributed by atoms with Crippen LogP contribution in [0.15, 0.2) is 29.5 Å². The van der Waals surface area contributed by atoms with E-state index in [0.29, 0.717) is 0 Å². The first-order valence-electron chi connectivity index (χ1n) is 8.05. The standard InChI is InChI=1S/C15H13F3N2O2.Na/c1-8-6-10(4-5-12(8)15(16,17)18)20-14(22)11(7-19)13(21)9-2-3-9;/h4-6,9,21H,2-3H2,1H3,(H,20,22);/q;+1/p-1/b13-11-;/i2D2,3D2;. The Hall–Kier alpha value is -1.49. The normalized spacial score (nSPS) is 22.0. The van der Waals surface area contributed by atoms with Crippen molar-refractivity contribution < 1.29 is 58.1 Å². The van der Waals surface area contributed by atoms with Crippen molar-refractivity contribution in [3.63, 3.8) is 0 Å². The Morgan fingerprint density at radius 1 is 1.48 bits per heavy atom. The molecule has 0 aliphatic heterocycles. The SMILES string of the molecule is [2H]C1([2H])C(/C([O-])=C(\C#N)C(=O)Nc2ccc(C(F)(F)F)c(C)c2)C1([2H])[2H].[Na+]. The van der Waals surface area contributed by atoms with E-state index < -0.39 is 47.6 Å². The zero-order valence-corrected chi connectivity index (χ0v) is 14.2. The van der Waals surface area contributed by atoms with Gasteiger partial charge >= 0.3 is 35.7 Å². The van der Waals surface area contributed by atoms with E-state index in [1.807, 2.05) is 0 Å². The maximum Gasteiger partial charge on any atom is 1.00 e. The molecule has 0 aromatic heterocycles. The molecule has 4 nitrogen and oxygen atoms in total. The molecule has 2 rings (SSSR count). The van der Waals surface area contributed by atoms with Gasteiger partial charge < -0.3 is 10.4 Å². The maximum atomic E-state index is 12.7. The Labute approximate surface area is 158 Å². The number of halogens is 3. The van der Waals surface area contributed by atoms with Gasteiger partial charge in [-0.2, -0.15) is 18.4 Å². The number of nitriles is 1. The third-order valence-corrected chi connectivity index (χ3v) is 2.93. The Morgan fingerprint density at radius 3 is 2.52 bits per heavy atom. The summed E-state index contributed by atoms with van der Waals surface area (Å²) in [6, 6.07) is 4.00. The Bertz CT molecular complexity index is 836. The van der Waals surface area contributed by atoms with Gasteiger partial charge in [-0.1, -0.05) is 0 Å². The molecule has 1 amide bonds. The number of hydrogen-bond acceptors (Lipinski definition) is 3. The second-order valence-corrected chi connectivity index (χ2v) is 4.55. The number of nitrogens with one attached hydrogen (secondary N) is 1. The fraction of sp³-hybridized carbons (Fsp3) is 0.333. The molecule has 0 radical (unpaired) electrons. The van der Waals surface area contributed by atoms with Gasteiger partial charge in [0.15, 0.2) is 0 Å². The van der Waals surface area contributed by atoms with Gasteiger partial charge in [-0.05, 0) is 49.4 Å². The second kappa shape index (κ2) is 7.39. The molecule has 1 aliphatic carbocycles. The molecule has 0 heterocycles. The molecule has 1 aromatic rings. The van der Waals surface area contributed by atoms with Gasteiger partial charge in [-0.3, -0.25) is 4.79 Å². The van der Waals surface area contributed by atoms with Crippen LogP contribution in [0.2, 0.25) is 0 Å². The number of rotatable bonds is 3. The van der Waals surface area contributed by atoms with Crippen molar-refractivity contribution in [2.75, 3.05) is 5.32 Å². The molecule has 116 valence electrons. The van der Waals surface area contributed by atoms with Crippen molar-refractivity contribution >= 4 is 11.6 Å². The van der Waals surface area contributed by atoms with E-state index in [0.717, 1.165) is 18.2 Å². The van der Waals surface area contributed by atoms with Crippen LogP contribution in [0, 0.1) is 24.2 Å². The van der Waals surface area contributed by atoms with Crippen molar-refractivity contribution in [2.45, 2.75) is 25.8 Å². The molecule has 1 aromatic carbocycles. The van der Waals surface area contributed by atoms with E-state index in [1.54, 1.807) is 0 Å². The summed E-state index contributed by atoms with van der Waals surface area (Å²) in [6.45, 7) is 1.17. The van der Waals surface area contributed by atoms with Gasteiger partial charge in [0.05, 0.1) is 5.56 Å². The van der Waals surface area contributed by atoms with Crippen LogP contribution < -0.4 is 40.0 Å². The number of nitrogens with zero attached hydrogens (tertiary/aromatic N) is 1. The molecular formula is C15H12F3N2NaO2. The molecule has 8 heteroatoms. The van der Waals surface area contributed by atoms with Gasteiger partial charge in [-0.25, -0.2) is 0 Å². The summed E-state index contributed by atoms with van der Waals surface area (Å²) in [4.78, 5) is 12.1. The molecule has 0 bridgehead atoms. The number of carbonyl (C=O) groups excluding carboxylic acids is 1. The minimum atomic E-state index is -4.57. The molecule has 0 atom stereocenters. The average molecular weight is 336 g/mol. The zero-order chi connectivity index (χ0) is 20.1. The van der Waals surface area contributed by atoms with Gasteiger partial charge in [0.2, 0.25) is 0 Å². The molecule has 1 aliphatic rings. The number of anilines is 1. The van der Waals surface area contributed by atoms with E-state index in [9.17, 15) is 23.1 Å². The number of alkyl halides is 3. The summed E-state index contributed by atoms with van der Waals surface area (Å²) in [5, 5.41) is 23.2. The van der Waals surface area contributed by atoms with Crippen LogP contribution in [-0.2, 0) is 11.0 Å². The monoisotopic (exact) mass is 336 g/mol. The van der Waals surface area contributed by atoms with Gasteiger partial charge in [-0.15, -0.1) is 5.76 Å². The summed E-state index contributed by atoms with van der Waals surface area (Å²) in [6.07, 6.45) is -9.58. The van der Waals surface area contributed by atoms with Gasteiger partial charge in [0, 0.05) is 11.2 Å². The van der Waals surface area contributed by atoms with Crippen LogP contribution >= 0.6 is 0 Å². The zero-order valence-electron chi connectivity index (χ0n) is 16.2. The van der Waals surface area contributed by atoms with E-state index in [4.69, 9.17) is 10.7 Å². The number of aryl methyl sites for hydroxylation is 1. The Balaban J connectivity index is 0.00000364. The predicted octanol–water partition coefficient (Wildman–Crippen LogP) is -0.496. The first-order chi connectivity index (χ1) is 11.7. The summed E-state index contributed by atoms with van der Waals surface area (Å²) in [7, 11) is 0. The molecular weight excluding hydrogens is 320 g/mol. The summed E-state index contributed by atoms with van der Waals surface area (Å²) >= 11 is 0. The Kier molecular flexibility index (Phi) is 4.47. The first-order valence-corrected chi connectivity index (χ1v) is 6.05. The molecule has 0 saturated heterocycles. The number of benzene rings is 1. The van der Waals surface area contributed by atoms with Crippen molar-refractivity contribution in [1.82, 2.24) is 0 Å². The summed E-state index contributed by atoms with van der Waals surface area (Å²) in [5.74, 6) is -4.32. The number of hydrogen-bond donors (Lipinski definition) is 1. The quantitative estimate of drug-likeness (QED) is 0.350. The van der Waals surface area contributed by atoms with Crippen molar-refractivity contribution in [3.8, 4) is 6.07 Å². The minimum absolute atomic E-state index is 0. The van der Waals surface area contributed by atoms with Crippen molar-refractivity contribution in [1.29, 1.82) is 5.26 Å². The van der Waals surface area contributed by atoms with E-state index in [1.165, 1.54) is 13.0 Å². The van der Waals surface area contributed by atoms with Crippen molar-refractivity contribution in [3.05, 3.63) is 40.7 Å². The first kappa shape index (κ1) is 13.9. The largest absolute Gasteiger partial charge is 1.00 e. The van der Waals surface area contributed by atoms with Crippen LogP contribution in [0.1, 0.15) is 29.4 Å². The second-order valence-electron chi connectivity index (χ2n) is 4.55. The van der Waals surface area contributed by atoms with Crippen LogP contribution in [0.5, 0.6) is 0 Å². The molecule has 0 unspecified atom stereocenters. The third-order valence-electron chi connectivity index (χ3n) is 2.93. The van der Waals surface area contributed by atoms with Crippen LogP contribution in [0.4, 0.5) is 18.9 Å². The fourth-order valence-corrected chi connectivity index (χ4v) is 1.79. The molecule has 1 saturated carbocycles. The fourth-order valence-electron chi connectivity index (χ4n) is 1.79. The third kappa shape index (κ3) is 4.74. The number of allylic oxidation sites excluding steroid dienone is 1. The van der Waals surface area contributed by atoms with Crippen molar-refractivity contribution in [2.24, 2.45) is 5.92 Å². The molecule has 23 heavy (non-hydrogen) atoms. The van der Waals surface area contributed by atoms with Crippen LogP contribution in [-0.4, -0.2) is 5.91 Å². The molecule has 1 fully saturated rings. The van der Waals surface area contributed by atoms with Crippen LogP contribution in [0.3, 0.4) is 0 Å². The molecule has 1 N–H and O–H groups in total.